The lowest BCUT2D eigenvalue weighted by Crippen LogP contribution is -2.00. The van der Waals surface area contributed by atoms with Crippen molar-refractivity contribution >= 4 is 22.4 Å². The second kappa shape index (κ2) is 5.63. The van der Waals surface area contributed by atoms with Crippen LogP contribution in [0.1, 0.15) is 16.7 Å². The summed E-state index contributed by atoms with van der Waals surface area (Å²) in [6, 6.07) is 9.61. The van der Waals surface area contributed by atoms with E-state index in [-0.39, 0.29) is 0 Å². The van der Waals surface area contributed by atoms with Crippen LogP contribution in [0.15, 0.2) is 41.6 Å². The minimum Gasteiger partial charge on any atom is -0.252 e. The third-order valence-electron chi connectivity index (χ3n) is 2.72. The predicted molar refractivity (Wildman–Crippen MR) is 75.3 cm³/mol. The quantitative estimate of drug-likeness (QED) is 0.858. The number of halogens is 1. The molecular formula is C14H14ClNOS. The van der Waals surface area contributed by atoms with Crippen LogP contribution in [0.25, 0.3) is 0 Å². The number of pyridine rings is 1. The fourth-order valence-electron chi connectivity index (χ4n) is 1.67. The maximum Gasteiger partial charge on any atom is 0.127 e. The van der Waals surface area contributed by atoms with Gasteiger partial charge in [-0.15, -0.1) is 0 Å². The number of aryl methyl sites for hydroxylation is 2. The van der Waals surface area contributed by atoms with Gasteiger partial charge in [0.25, 0.3) is 0 Å². The first-order chi connectivity index (χ1) is 8.56. The number of hydrogen-bond acceptors (Lipinski definition) is 2. The molecule has 0 bridgehead atoms. The molecule has 2 rings (SSSR count). The Morgan fingerprint density at radius 3 is 2.67 bits per heavy atom. The zero-order valence-electron chi connectivity index (χ0n) is 10.3. The smallest absolute Gasteiger partial charge is 0.127 e. The van der Waals surface area contributed by atoms with Gasteiger partial charge < -0.3 is 0 Å². The van der Waals surface area contributed by atoms with Crippen molar-refractivity contribution in [1.82, 2.24) is 4.98 Å². The predicted octanol–water partition coefficient (Wildman–Crippen LogP) is 3.66. The highest BCUT2D eigenvalue weighted by Gasteiger charge is 2.08. The zero-order chi connectivity index (χ0) is 13.1. The summed E-state index contributed by atoms with van der Waals surface area (Å²) in [5.41, 5.74) is 3.43. The van der Waals surface area contributed by atoms with Crippen molar-refractivity contribution in [2.24, 2.45) is 0 Å². The molecule has 1 heterocycles. The molecule has 0 amide bonds. The highest BCUT2D eigenvalue weighted by atomic mass is 35.5. The van der Waals surface area contributed by atoms with E-state index in [4.69, 9.17) is 11.6 Å². The Kier molecular flexibility index (Phi) is 4.15. The van der Waals surface area contributed by atoms with E-state index in [1.807, 2.05) is 13.8 Å². The van der Waals surface area contributed by atoms with Crippen molar-refractivity contribution in [2.45, 2.75) is 24.6 Å². The van der Waals surface area contributed by atoms with Crippen molar-refractivity contribution in [3.63, 3.8) is 0 Å². The molecule has 1 aromatic heterocycles. The molecule has 0 saturated carbocycles. The van der Waals surface area contributed by atoms with Crippen molar-refractivity contribution in [3.8, 4) is 0 Å². The van der Waals surface area contributed by atoms with Crippen LogP contribution in [0.2, 0.25) is 5.02 Å². The van der Waals surface area contributed by atoms with Gasteiger partial charge in [0.1, 0.15) is 5.03 Å². The maximum atomic E-state index is 12.2. The lowest BCUT2D eigenvalue weighted by molar-refractivity contribution is 0.679. The minimum atomic E-state index is -1.13. The topological polar surface area (TPSA) is 30.0 Å². The van der Waals surface area contributed by atoms with Crippen LogP contribution < -0.4 is 0 Å². The number of aromatic nitrogens is 1. The molecule has 94 valence electrons. The molecule has 0 aliphatic rings. The third kappa shape index (κ3) is 3.18. The number of rotatable bonds is 3. The third-order valence-corrected chi connectivity index (χ3v) is 4.23. The average molecular weight is 280 g/mol. The van der Waals surface area contributed by atoms with Crippen molar-refractivity contribution in [2.75, 3.05) is 0 Å². The van der Waals surface area contributed by atoms with E-state index >= 15 is 0 Å². The van der Waals surface area contributed by atoms with E-state index in [0.717, 1.165) is 11.1 Å². The van der Waals surface area contributed by atoms with Gasteiger partial charge in [-0.05, 0) is 37.1 Å². The first-order valence-corrected chi connectivity index (χ1v) is 7.32. The molecule has 4 heteroatoms. The maximum absolute atomic E-state index is 12.2. The second-order valence-corrected chi connectivity index (χ2v) is 6.07. The average Bonchev–Trinajstić information content (AvgIpc) is 2.34. The van der Waals surface area contributed by atoms with Gasteiger partial charge in [-0.25, -0.2) is 4.98 Å². The van der Waals surface area contributed by atoms with E-state index in [9.17, 15) is 4.21 Å². The number of hydrogen-bond donors (Lipinski definition) is 0. The molecule has 0 aliphatic carbocycles. The van der Waals surface area contributed by atoms with Crippen LogP contribution in [0, 0.1) is 13.8 Å². The molecule has 1 unspecified atom stereocenters. The van der Waals surface area contributed by atoms with Gasteiger partial charge in [-0.2, -0.15) is 0 Å². The van der Waals surface area contributed by atoms with Crippen molar-refractivity contribution in [3.05, 3.63) is 58.2 Å². The summed E-state index contributed by atoms with van der Waals surface area (Å²) in [5, 5.41) is 1.13. The van der Waals surface area contributed by atoms with E-state index in [0.29, 0.717) is 15.8 Å². The van der Waals surface area contributed by atoms with Gasteiger partial charge >= 0.3 is 0 Å². The molecule has 2 aromatic rings. The van der Waals surface area contributed by atoms with Crippen LogP contribution in [-0.2, 0) is 16.6 Å². The Balaban J connectivity index is 2.21. The van der Waals surface area contributed by atoms with Crippen LogP contribution in [0.5, 0.6) is 0 Å². The molecule has 0 aliphatic heterocycles. The molecule has 0 N–H and O–H groups in total. The minimum absolute atomic E-state index is 0.488. The van der Waals surface area contributed by atoms with E-state index in [2.05, 4.69) is 23.2 Å². The lowest BCUT2D eigenvalue weighted by atomic mass is 10.1. The van der Waals surface area contributed by atoms with Gasteiger partial charge in [0.05, 0.1) is 21.6 Å². The van der Waals surface area contributed by atoms with Gasteiger partial charge in [0.2, 0.25) is 0 Å². The highest BCUT2D eigenvalue weighted by Crippen LogP contribution is 2.16. The molecule has 1 aromatic carbocycles. The Hall–Kier alpha value is -1.19. The summed E-state index contributed by atoms with van der Waals surface area (Å²) in [5.74, 6) is 0.488. The molecule has 0 saturated heterocycles. The first-order valence-electron chi connectivity index (χ1n) is 5.62. The number of benzene rings is 1. The zero-order valence-corrected chi connectivity index (χ0v) is 11.9. The second-order valence-electron chi connectivity index (χ2n) is 4.23. The largest absolute Gasteiger partial charge is 0.252 e. The Morgan fingerprint density at radius 1 is 1.22 bits per heavy atom. The van der Waals surface area contributed by atoms with E-state index < -0.39 is 10.8 Å². The van der Waals surface area contributed by atoms with Crippen LogP contribution >= 0.6 is 11.6 Å². The summed E-state index contributed by atoms with van der Waals surface area (Å²) in [6.45, 7) is 4.06. The fourth-order valence-corrected chi connectivity index (χ4v) is 2.91. The summed E-state index contributed by atoms with van der Waals surface area (Å²) < 4.78 is 12.2. The Morgan fingerprint density at radius 2 is 2.00 bits per heavy atom. The molecule has 0 fully saturated rings. The highest BCUT2D eigenvalue weighted by molar-refractivity contribution is 7.84. The van der Waals surface area contributed by atoms with Crippen molar-refractivity contribution in [1.29, 1.82) is 0 Å². The van der Waals surface area contributed by atoms with Crippen LogP contribution in [0.3, 0.4) is 0 Å². The monoisotopic (exact) mass is 279 g/mol. The summed E-state index contributed by atoms with van der Waals surface area (Å²) >= 11 is 5.76. The van der Waals surface area contributed by atoms with E-state index in [1.165, 1.54) is 11.8 Å². The summed E-state index contributed by atoms with van der Waals surface area (Å²) in [6.07, 6.45) is 1.53. The van der Waals surface area contributed by atoms with Gasteiger partial charge in [0, 0.05) is 6.20 Å². The van der Waals surface area contributed by atoms with Gasteiger partial charge in [-0.3, -0.25) is 4.21 Å². The molecule has 0 spiro atoms. The van der Waals surface area contributed by atoms with Gasteiger partial charge in [0.15, 0.2) is 0 Å². The van der Waals surface area contributed by atoms with Crippen LogP contribution in [0.4, 0.5) is 0 Å². The van der Waals surface area contributed by atoms with E-state index in [1.54, 1.807) is 12.1 Å². The molecule has 2 nitrogen and oxygen atoms in total. The summed E-state index contributed by atoms with van der Waals surface area (Å²) in [7, 11) is -1.13. The fraction of sp³-hybridized carbons (Fsp3) is 0.214. The molecular weight excluding hydrogens is 266 g/mol. The molecule has 18 heavy (non-hydrogen) atoms. The standard InChI is InChI=1S/C14H14ClNOS/c1-10-3-4-11(2)12(7-10)9-18(17)14-6-5-13(15)8-16-14/h3-8H,9H2,1-2H3. The normalized spacial score (nSPS) is 12.4. The molecule has 1 atom stereocenters. The Labute approximate surface area is 114 Å². The lowest BCUT2D eigenvalue weighted by Gasteiger charge is -2.07. The SMILES string of the molecule is Cc1ccc(C)c(CS(=O)c2ccc(Cl)cn2)c1. The Bertz CT molecular complexity index is 581. The van der Waals surface area contributed by atoms with Crippen LogP contribution in [-0.4, -0.2) is 9.19 Å². The van der Waals surface area contributed by atoms with Gasteiger partial charge in [-0.1, -0.05) is 35.4 Å². The summed E-state index contributed by atoms with van der Waals surface area (Å²) in [4.78, 5) is 4.09. The first kappa shape index (κ1) is 13.2. The van der Waals surface area contributed by atoms with Crippen molar-refractivity contribution < 1.29 is 4.21 Å². The molecule has 0 radical (unpaired) electrons. The number of nitrogens with zero attached hydrogens (tertiary/aromatic N) is 1.